The Morgan fingerprint density at radius 2 is 1.90 bits per heavy atom. The minimum atomic E-state index is -1.18. The molecule has 12 nitrogen and oxygen atoms in total. The fraction of sp³-hybridized carbons (Fsp3) is 0.464. The molecule has 0 saturated carbocycles. The van der Waals surface area contributed by atoms with Crippen molar-refractivity contribution in [2.24, 2.45) is 11.7 Å². The standard InChI is InChI=1S/C28H37N7O5/c1-16(2)10-20(29)25(36)33-22(12-18-14-30-15-32-18)27(38)35-9-5-8-24(35)26(37)34-23(28(39)40)11-17-13-31-21-7-4-3-6-19(17)21/h3-4,6-7,13-16,20,22-24,31H,5,8-12,29H2,1-2H3,(H,30,32)(H,33,36)(H,34,37)(H,39,40). The monoisotopic (exact) mass is 551 g/mol. The molecule has 7 N–H and O–H groups in total. The summed E-state index contributed by atoms with van der Waals surface area (Å²) >= 11 is 0. The number of carboxylic acids is 1. The number of imidazole rings is 1. The second-order valence-corrected chi connectivity index (χ2v) is 10.7. The molecule has 0 radical (unpaired) electrons. The number of nitrogens with zero attached hydrogens (tertiary/aromatic N) is 2. The zero-order valence-electron chi connectivity index (χ0n) is 22.7. The van der Waals surface area contributed by atoms with Crippen LogP contribution < -0.4 is 16.4 Å². The van der Waals surface area contributed by atoms with Gasteiger partial charge >= 0.3 is 5.97 Å². The van der Waals surface area contributed by atoms with Gasteiger partial charge < -0.3 is 36.3 Å². The number of para-hydroxylation sites is 1. The molecule has 4 unspecified atom stereocenters. The predicted molar refractivity (Wildman–Crippen MR) is 148 cm³/mol. The van der Waals surface area contributed by atoms with Gasteiger partial charge in [-0.05, 0) is 36.8 Å². The largest absolute Gasteiger partial charge is 0.480 e. The van der Waals surface area contributed by atoms with Crippen molar-refractivity contribution >= 4 is 34.6 Å². The fourth-order valence-corrected chi connectivity index (χ4v) is 5.20. The molecule has 0 aliphatic carbocycles. The molecule has 4 rings (SSSR count). The number of likely N-dealkylation sites (tertiary alicyclic amines) is 1. The van der Waals surface area contributed by atoms with E-state index in [0.717, 1.165) is 16.5 Å². The SMILES string of the molecule is CC(C)CC(N)C(=O)NC(Cc1cnc[nH]1)C(=O)N1CCCC1C(=O)NC(Cc1c[nH]c2ccccc12)C(=O)O. The molecular weight excluding hydrogens is 514 g/mol. The molecule has 1 aliphatic heterocycles. The maximum absolute atomic E-state index is 13.7. The molecular formula is C28H37N7O5. The summed E-state index contributed by atoms with van der Waals surface area (Å²) < 4.78 is 0. The molecule has 0 bridgehead atoms. The molecule has 2 aromatic heterocycles. The molecule has 214 valence electrons. The van der Waals surface area contributed by atoms with Gasteiger partial charge in [-0.25, -0.2) is 9.78 Å². The van der Waals surface area contributed by atoms with E-state index in [9.17, 15) is 24.3 Å². The lowest BCUT2D eigenvalue weighted by Crippen LogP contribution is -2.57. The Morgan fingerprint density at radius 3 is 2.60 bits per heavy atom. The van der Waals surface area contributed by atoms with E-state index < -0.39 is 47.9 Å². The van der Waals surface area contributed by atoms with Crippen LogP contribution in [-0.4, -0.2) is 79.4 Å². The molecule has 1 aromatic carbocycles. The van der Waals surface area contributed by atoms with E-state index in [-0.39, 0.29) is 18.8 Å². The third-order valence-corrected chi connectivity index (χ3v) is 7.21. The third kappa shape index (κ3) is 6.87. The van der Waals surface area contributed by atoms with Crippen molar-refractivity contribution in [3.8, 4) is 0 Å². The van der Waals surface area contributed by atoms with Crippen molar-refractivity contribution in [1.82, 2.24) is 30.5 Å². The summed E-state index contributed by atoms with van der Waals surface area (Å²) in [4.78, 5) is 63.5. The zero-order valence-corrected chi connectivity index (χ0v) is 22.7. The lowest BCUT2D eigenvalue weighted by atomic mass is 10.0. The highest BCUT2D eigenvalue weighted by atomic mass is 16.4. The maximum atomic E-state index is 13.7. The minimum Gasteiger partial charge on any atom is -0.480 e. The summed E-state index contributed by atoms with van der Waals surface area (Å²) in [6.07, 6.45) is 6.42. The summed E-state index contributed by atoms with van der Waals surface area (Å²) in [6.45, 7) is 4.22. The van der Waals surface area contributed by atoms with Gasteiger partial charge in [-0.2, -0.15) is 0 Å². The lowest BCUT2D eigenvalue weighted by Gasteiger charge is -2.30. The van der Waals surface area contributed by atoms with E-state index >= 15 is 0 Å². The van der Waals surface area contributed by atoms with Crippen molar-refractivity contribution in [1.29, 1.82) is 0 Å². The van der Waals surface area contributed by atoms with Crippen molar-refractivity contribution in [3.05, 3.63) is 54.2 Å². The van der Waals surface area contributed by atoms with Gasteiger partial charge in [-0.3, -0.25) is 14.4 Å². The maximum Gasteiger partial charge on any atom is 0.326 e. The summed E-state index contributed by atoms with van der Waals surface area (Å²) in [7, 11) is 0. The first kappa shape index (κ1) is 28.8. The molecule has 4 atom stereocenters. The molecule has 1 saturated heterocycles. The highest BCUT2D eigenvalue weighted by Crippen LogP contribution is 2.22. The number of hydrogen-bond donors (Lipinski definition) is 6. The van der Waals surface area contributed by atoms with Crippen LogP contribution in [0, 0.1) is 5.92 Å². The van der Waals surface area contributed by atoms with Gasteiger partial charge in [0.2, 0.25) is 17.7 Å². The molecule has 1 fully saturated rings. The molecule has 3 aromatic rings. The van der Waals surface area contributed by atoms with Crippen LogP contribution in [0.5, 0.6) is 0 Å². The van der Waals surface area contributed by atoms with Crippen LogP contribution in [0.2, 0.25) is 0 Å². The second kappa shape index (κ2) is 12.8. The number of aromatic nitrogens is 3. The van der Waals surface area contributed by atoms with Crippen LogP contribution in [0.15, 0.2) is 43.0 Å². The average molecular weight is 552 g/mol. The molecule has 40 heavy (non-hydrogen) atoms. The van der Waals surface area contributed by atoms with Crippen LogP contribution in [-0.2, 0) is 32.0 Å². The first-order chi connectivity index (χ1) is 19.1. The van der Waals surface area contributed by atoms with Gasteiger partial charge in [-0.1, -0.05) is 32.0 Å². The number of benzene rings is 1. The van der Waals surface area contributed by atoms with Crippen molar-refractivity contribution in [2.75, 3.05) is 6.54 Å². The Balaban J connectivity index is 1.47. The number of nitrogens with one attached hydrogen (secondary N) is 4. The number of hydrogen-bond acceptors (Lipinski definition) is 6. The van der Waals surface area contributed by atoms with Crippen molar-refractivity contribution in [2.45, 2.75) is 70.1 Å². The molecule has 3 heterocycles. The molecule has 12 heteroatoms. The molecule has 1 aliphatic rings. The average Bonchev–Trinajstić information content (AvgIpc) is 3.68. The lowest BCUT2D eigenvalue weighted by molar-refractivity contribution is -0.144. The van der Waals surface area contributed by atoms with Crippen LogP contribution in [0.3, 0.4) is 0 Å². The van der Waals surface area contributed by atoms with Crippen molar-refractivity contribution in [3.63, 3.8) is 0 Å². The predicted octanol–water partition coefficient (Wildman–Crippen LogP) is 1.09. The molecule has 0 spiro atoms. The topological polar surface area (TPSA) is 186 Å². The summed E-state index contributed by atoms with van der Waals surface area (Å²) in [5.74, 6) is -2.39. The number of aromatic amines is 2. The van der Waals surface area contributed by atoms with E-state index in [0.29, 0.717) is 31.5 Å². The van der Waals surface area contributed by atoms with E-state index in [1.54, 1.807) is 12.4 Å². The number of nitrogens with two attached hydrogens (primary N) is 1. The van der Waals surface area contributed by atoms with Gasteiger partial charge in [0.15, 0.2) is 0 Å². The number of amides is 3. The second-order valence-electron chi connectivity index (χ2n) is 10.7. The minimum absolute atomic E-state index is 0.0813. The Labute approximate surface area is 232 Å². The Kier molecular flexibility index (Phi) is 9.20. The van der Waals surface area contributed by atoms with E-state index in [1.165, 1.54) is 11.2 Å². The van der Waals surface area contributed by atoms with Gasteiger partial charge in [0.05, 0.1) is 12.4 Å². The van der Waals surface area contributed by atoms with Gasteiger partial charge in [0.25, 0.3) is 0 Å². The summed E-state index contributed by atoms with van der Waals surface area (Å²) in [5, 5.41) is 16.2. The van der Waals surface area contributed by atoms with Crippen LogP contribution >= 0.6 is 0 Å². The van der Waals surface area contributed by atoms with Gasteiger partial charge in [0, 0.05) is 48.4 Å². The summed E-state index contributed by atoms with van der Waals surface area (Å²) in [5.41, 5.74) is 8.34. The van der Waals surface area contributed by atoms with Gasteiger partial charge in [0.1, 0.15) is 18.1 Å². The first-order valence-corrected chi connectivity index (χ1v) is 13.6. The summed E-state index contributed by atoms with van der Waals surface area (Å²) in [6, 6.07) is 3.73. The van der Waals surface area contributed by atoms with Crippen LogP contribution in [0.1, 0.15) is 44.4 Å². The highest BCUT2D eigenvalue weighted by molar-refractivity contribution is 5.95. The number of H-pyrrole nitrogens is 2. The third-order valence-electron chi connectivity index (χ3n) is 7.21. The van der Waals surface area contributed by atoms with E-state index in [2.05, 4.69) is 25.6 Å². The van der Waals surface area contributed by atoms with Crippen LogP contribution in [0.4, 0.5) is 0 Å². The smallest absolute Gasteiger partial charge is 0.326 e. The number of rotatable bonds is 12. The van der Waals surface area contributed by atoms with Crippen molar-refractivity contribution < 1.29 is 24.3 Å². The van der Waals surface area contributed by atoms with Gasteiger partial charge in [-0.15, -0.1) is 0 Å². The number of aliphatic carboxylic acids is 1. The number of carboxylic acid groups (broad SMARTS) is 1. The quantitative estimate of drug-likeness (QED) is 0.194. The Morgan fingerprint density at radius 1 is 1.12 bits per heavy atom. The Bertz CT molecular complexity index is 1340. The number of carbonyl (C=O) groups is 4. The zero-order chi connectivity index (χ0) is 28.8. The van der Waals surface area contributed by atoms with E-state index in [1.807, 2.05) is 38.1 Å². The number of fused-ring (bicyclic) bond motifs is 1. The van der Waals surface area contributed by atoms with E-state index in [4.69, 9.17) is 5.73 Å². The highest BCUT2D eigenvalue weighted by Gasteiger charge is 2.39. The first-order valence-electron chi connectivity index (χ1n) is 13.6. The Hall–Kier alpha value is -4.19. The molecule has 3 amide bonds. The number of carbonyl (C=O) groups excluding carboxylic acids is 3. The fourth-order valence-electron chi connectivity index (χ4n) is 5.20. The normalized spacial score (nSPS) is 17.5. The van der Waals surface area contributed by atoms with Crippen LogP contribution in [0.25, 0.3) is 10.9 Å².